The highest BCUT2D eigenvalue weighted by Gasteiger charge is 2.17. The summed E-state index contributed by atoms with van der Waals surface area (Å²) in [6.45, 7) is 2.23. The first-order valence-electron chi connectivity index (χ1n) is 6.09. The lowest BCUT2D eigenvalue weighted by atomic mass is 10.1. The SMILES string of the molecule is c1ccc(-c2n[nH]c(C[C@@H]3CCNC3)n2)cc1. The molecule has 4 nitrogen and oxygen atoms in total. The predicted molar refractivity (Wildman–Crippen MR) is 66.5 cm³/mol. The first-order valence-corrected chi connectivity index (χ1v) is 6.09. The summed E-state index contributed by atoms with van der Waals surface area (Å²) in [6, 6.07) is 10.1. The van der Waals surface area contributed by atoms with Crippen molar-refractivity contribution >= 4 is 0 Å². The third kappa shape index (κ3) is 2.36. The van der Waals surface area contributed by atoms with Gasteiger partial charge in [-0.15, -0.1) is 0 Å². The van der Waals surface area contributed by atoms with Crippen LogP contribution in [0.25, 0.3) is 11.4 Å². The lowest BCUT2D eigenvalue weighted by Gasteiger charge is -2.03. The average molecular weight is 228 g/mol. The number of nitrogens with one attached hydrogen (secondary N) is 2. The van der Waals surface area contributed by atoms with Crippen LogP contribution in [0.15, 0.2) is 30.3 Å². The molecule has 0 amide bonds. The highest BCUT2D eigenvalue weighted by Crippen LogP contribution is 2.16. The molecule has 1 aromatic carbocycles. The van der Waals surface area contributed by atoms with E-state index in [2.05, 4.69) is 20.5 Å². The number of benzene rings is 1. The summed E-state index contributed by atoms with van der Waals surface area (Å²) in [4.78, 5) is 4.55. The maximum absolute atomic E-state index is 4.55. The van der Waals surface area contributed by atoms with Gasteiger partial charge in [-0.1, -0.05) is 30.3 Å². The van der Waals surface area contributed by atoms with Gasteiger partial charge in [0.2, 0.25) is 0 Å². The molecule has 1 aliphatic rings. The van der Waals surface area contributed by atoms with Gasteiger partial charge in [0.25, 0.3) is 0 Å². The Bertz CT molecular complexity index is 471. The van der Waals surface area contributed by atoms with Gasteiger partial charge in [-0.05, 0) is 25.4 Å². The second-order valence-corrected chi connectivity index (χ2v) is 4.53. The summed E-state index contributed by atoms with van der Waals surface area (Å²) in [5, 5.41) is 10.7. The molecule has 3 rings (SSSR count). The summed E-state index contributed by atoms with van der Waals surface area (Å²) in [5.74, 6) is 2.50. The van der Waals surface area contributed by atoms with Crippen LogP contribution in [0, 0.1) is 5.92 Å². The Morgan fingerprint density at radius 3 is 2.88 bits per heavy atom. The van der Waals surface area contributed by atoms with Crippen molar-refractivity contribution in [1.82, 2.24) is 20.5 Å². The fourth-order valence-electron chi connectivity index (χ4n) is 2.27. The number of hydrogen-bond donors (Lipinski definition) is 2. The van der Waals surface area contributed by atoms with E-state index in [9.17, 15) is 0 Å². The van der Waals surface area contributed by atoms with Crippen molar-refractivity contribution in [1.29, 1.82) is 0 Å². The van der Waals surface area contributed by atoms with Gasteiger partial charge >= 0.3 is 0 Å². The first-order chi connectivity index (χ1) is 8.42. The molecule has 0 saturated carbocycles. The van der Waals surface area contributed by atoms with Crippen LogP contribution in [0.5, 0.6) is 0 Å². The lowest BCUT2D eigenvalue weighted by molar-refractivity contribution is 0.563. The van der Waals surface area contributed by atoms with Crippen molar-refractivity contribution in [3.8, 4) is 11.4 Å². The molecule has 0 spiro atoms. The number of H-pyrrole nitrogens is 1. The third-order valence-electron chi connectivity index (χ3n) is 3.21. The molecule has 0 radical (unpaired) electrons. The number of nitrogens with zero attached hydrogens (tertiary/aromatic N) is 2. The molecular weight excluding hydrogens is 212 g/mol. The molecule has 88 valence electrons. The Labute approximate surface area is 100 Å². The minimum absolute atomic E-state index is 0.701. The van der Waals surface area contributed by atoms with E-state index in [1.807, 2.05) is 30.3 Å². The van der Waals surface area contributed by atoms with Crippen LogP contribution in [0.2, 0.25) is 0 Å². The van der Waals surface area contributed by atoms with Crippen molar-refractivity contribution in [3.63, 3.8) is 0 Å². The smallest absolute Gasteiger partial charge is 0.181 e. The normalized spacial score (nSPS) is 19.6. The van der Waals surface area contributed by atoms with E-state index >= 15 is 0 Å². The van der Waals surface area contributed by atoms with Gasteiger partial charge in [-0.25, -0.2) is 4.98 Å². The molecule has 0 unspecified atom stereocenters. The summed E-state index contributed by atoms with van der Waals surface area (Å²) in [6.07, 6.45) is 2.23. The zero-order chi connectivity index (χ0) is 11.5. The van der Waals surface area contributed by atoms with Gasteiger partial charge in [0.15, 0.2) is 5.82 Å². The van der Waals surface area contributed by atoms with E-state index < -0.39 is 0 Å². The molecule has 0 aliphatic carbocycles. The Kier molecular flexibility index (Phi) is 2.88. The maximum Gasteiger partial charge on any atom is 0.181 e. The summed E-state index contributed by atoms with van der Waals surface area (Å²) < 4.78 is 0. The van der Waals surface area contributed by atoms with E-state index in [1.165, 1.54) is 6.42 Å². The molecular formula is C13H16N4. The summed E-state index contributed by atoms with van der Waals surface area (Å²) in [7, 11) is 0. The van der Waals surface area contributed by atoms with Crippen molar-refractivity contribution in [2.75, 3.05) is 13.1 Å². The molecule has 1 atom stereocenters. The second kappa shape index (κ2) is 4.67. The van der Waals surface area contributed by atoms with E-state index in [0.717, 1.165) is 36.7 Å². The van der Waals surface area contributed by atoms with Gasteiger partial charge in [-0.3, -0.25) is 5.10 Å². The molecule has 1 aromatic heterocycles. The molecule has 17 heavy (non-hydrogen) atoms. The van der Waals surface area contributed by atoms with Gasteiger partial charge in [0.1, 0.15) is 5.82 Å². The zero-order valence-electron chi connectivity index (χ0n) is 9.69. The van der Waals surface area contributed by atoms with Crippen LogP contribution >= 0.6 is 0 Å². The van der Waals surface area contributed by atoms with Gasteiger partial charge < -0.3 is 5.32 Å². The molecule has 2 aromatic rings. The summed E-state index contributed by atoms with van der Waals surface area (Å²) in [5.41, 5.74) is 1.07. The number of aromatic amines is 1. The van der Waals surface area contributed by atoms with Crippen molar-refractivity contribution in [3.05, 3.63) is 36.2 Å². The van der Waals surface area contributed by atoms with Crippen LogP contribution < -0.4 is 5.32 Å². The molecule has 1 fully saturated rings. The van der Waals surface area contributed by atoms with Crippen LogP contribution in [-0.2, 0) is 6.42 Å². The van der Waals surface area contributed by atoms with E-state index in [1.54, 1.807) is 0 Å². The van der Waals surface area contributed by atoms with Crippen molar-refractivity contribution < 1.29 is 0 Å². The van der Waals surface area contributed by atoms with Gasteiger partial charge in [-0.2, -0.15) is 5.10 Å². The van der Waals surface area contributed by atoms with Crippen LogP contribution in [-0.4, -0.2) is 28.3 Å². The van der Waals surface area contributed by atoms with Crippen molar-refractivity contribution in [2.45, 2.75) is 12.8 Å². The quantitative estimate of drug-likeness (QED) is 0.839. The van der Waals surface area contributed by atoms with E-state index in [4.69, 9.17) is 0 Å². The largest absolute Gasteiger partial charge is 0.316 e. The molecule has 4 heteroatoms. The van der Waals surface area contributed by atoms with Gasteiger partial charge in [0, 0.05) is 12.0 Å². The minimum atomic E-state index is 0.701. The summed E-state index contributed by atoms with van der Waals surface area (Å²) >= 11 is 0. The average Bonchev–Trinajstić information content (AvgIpc) is 3.02. The Hall–Kier alpha value is -1.68. The molecule has 0 bridgehead atoms. The highest BCUT2D eigenvalue weighted by molar-refractivity contribution is 5.53. The fraction of sp³-hybridized carbons (Fsp3) is 0.385. The monoisotopic (exact) mass is 228 g/mol. The maximum atomic E-state index is 4.55. The minimum Gasteiger partial charge on any atom is -0.316 e. The highest BCUT2D eigenvalue weighted by atomic mass is 15.2. The van der Waals surface area contributed by atoms with Crippen molar-refractivity contribution in [2.24, 2.45) is 5.92 Å². The Morgan fingerprint density at radius 1 is 1.24 bits per heavy atom. The second-order valence-electron chi connectivity index (χ2n) is 4.53. The zero-order valence-corrected chi connectivity index (χ0v) is 9.69. The van der Waals surface area contributed by atoms with E-state index in [-0.39, 0.29) is 0 Å². The first kappa shape index (κ1) is 10.5. The standard InChI is InChI=1S/C13H16N4/c1-2-4-11(5-3-1)13-15-12(16-17-13)8-10-6-7-14-9-10/h1-5,10,14H,6-9H2,(H,15,16,17)/t10-/m0/s1. The number of hydrogen-bond acceptors (Lipinski definition) is 3. The predicted octanol–water partition coefficient (Wildman–Crippen LogP) is 1.62. The van der Waals surface area contributed by atoms with Crippen LogP contribution in [0.4, 0.5) is 0 Å². The Morgan fingerprint density at radius 2 is 2.12 bits per heavy atom. The molecule has 2 N–H and O–H groups in total. The molecule has 1 saturated heterocycles. The lowest BCUT2D eigenvalue weighted by Crippen LogP contribution is -2.11. The molecule has 1 aliphatic heterocycles. The number of rotatable bonds is 3. The van der Waals surface area contributed by atoms with E-state index in [0.29, 0.717) is 5.92 Å². The fourth-order valence-corrected chi connectivity index (χ4v) is 2.27. The third-order valence-corrected chi connectivity index (χ3v) is 3.21. The van der Waals surface area contributed by atoms with Crippen LogP contribution in [0.1, 0.15) is 12.2 Å². The topological polar surface area (TPSA) is 53.6 Å². The van der Waals surface area contributed by atoms with Gasteiger partial charge in [0.05, 0.1) is 0 Å². The van der Waals surface area contributed by atoms with Crippen LogP contribution in [0.3, 0.4) is 0 Å². The Balaban J connectivity index is 1.74. The molecule has 2 heterocycles. The number of aromatic nitrogens is 3.